The summed E-state index contributed by atoms with van der Waals surface area (Å²) in [7, 11) is 1.83. The third-order valence-corrected chi connectivity index (χ3v) is 4.67. The van der Waals surface area contributed by atoms with Gasteiger partial charge in [-0.05, 0) is 24.3 Å². The van der Waals surface area contributed by atoms with E-state index in [2.05, 4.69) is 10.4 Å². The Morgan fingerprint density at radius 3 is 3.00 bits per heavy atom. The molecule has 0 aliphatic rings. The standard InChI is InChI=1S/C14H13ClN4OS/c1-19-9(4-5-18-19)7-17-14(20)13-12(16)10-6-8(15)2-3-11(10)21-13/h2-6H,7,16H2,1H3,(H,17,20). The lowest BCUT2D eigenvalue weighted by Gasteiger charge is -2.04. The van der Waals surface area contributed by atoms with Gasteiger partial charge in [0.05, 0.1) is 17.9 Å². The number of anilines is 1. The van der Waals surface area contributed by atoms with Crippen LogP contribution in [0.1, 0.15) is 15.4 Å². The number of nitrogen functional groups attached to an aromatic ring is 1. The van der Waals surface area contributed by atoms with Gasteiger partial charge >= 0.3 is 0 Å². The molecule has 0 saturated carbocycles. The first-order valence-corrected chi connectivity index (χ1v) is 7.48. The molecule has 0 saturated heterocycles. The van der Waals surface area contributed by atoms with Crippen molar-refractivity contribution in [2.75, 3.05) is 5.73 Å². The number of benzene rings is 1. The summed E-state index contributed by atoms with van der Waals surface area (Å²) in [5, 5.41) is 8.34. The summed E-state index contributed by atoms with van der Waals surface area (Å²) in [6.07, 6.45) is 1.69. The zero-order valence-corrected chi connectivity index (χ0v) is 12.8. The lowest BCUT2D eigenvalue weighted by molar-refractivity contribution is 0.0955. The van der Waals surface area contributed by atoms with Crippen LogP contribution in [-0.2, 0) is 13.6 Å². The quantitative estimate of drug-likeness (QED) is 0.779. The molecule has 21 heavy (non-hydrogen) atoms. The minimum atomic E-state index is -0.189. The van der Waals surface area contributed by atoms with Crippen molar-refractivity contribution in [2.45, 2.75) is 6.54 Å². The SMILES string of the molecule is Cn1nccc1CNC(=O)c1sc2ccc(Cl)cc2c1N. The predicted molar refractivity (Wildman–Crippen MR) is 85.6 cm³/mol. The summed E-state index contributed by atoms with van der Waals surface area (Å²) in [6, 6.07) is 7.29. The number of carbonyl (C=O) groups is 1. The van der Waals surface area contributed by atoms with E-state index in [1.807, 2.05) is 19.2 Å². The van der Waals surface area contributed by atoms with Crippen molar-refractivity contribution in [1.82, 2.24) is 15.1 Å². The van der Waals surface area contributed by atoms with Crippen LogP contribution in [0.2, 0.25) is 5.02 Å². The van der Waals surface area contributed by atoms with E-state index in [0.29, 0.717) is 22.1 Å². The molecule has 108 valence electrons. The van der Waals surface area contributed by atoms with Crippen molar-refractivity contribution in [3.63, 3.8) is 0 Å². The number of thiophene rings is 1. The maximum atomic E-state index is 12.3. The van der Waals surface area contributed by atoms with E-state index < -0.39 is 0 Å². The molecule has 0 aliphatic heterocycles. The van der Waals surface area contributed by atoms with Crippen molar-refractivity contribution in [1.29, 1.82) is 0 Å². The number of nitrogens with one attached hydrogen (secondary N) is 1. The van der Waals surface area contributed by atoms with Gasteiger partial charge in [-0.2, -0.15) is 5.10 Å². The van der Waals surface area contributed by atoms with Gasteiger partial charge in [0.15, 0.2) is 0 Å². The Balaban J connectivity index is 1.84. The molecule has 0 atom stereocenters. The highest BCUT2D eigenvalue weighted by atomic mass is 35.5. The van der Waals surface area contributed by atoms with Crippen LogP contribution in [0, 0.1) is 0 Å². The Labute approximate surface area is 130 Å². The lowest BCUT2D eigenvalue weighted by Crippen LogP contribution is -2.23. The molecule has 3 rings (SSSR count). The molecule has 0 aliphatic carbocycles. The topological polar surface area (TPSA) is 72.9 Å². The highest BCUT2D eigenvalue weighted by Crippen LogP contribution is 2.35. The number of halogens is 1. The Bertz CT molecular complexity index is 824. The van der Waals surface area contributed by atoms with Crippen molar-refractivity contribution >= 4 is 44.6 Å². The highest BCUT2D eigenvalue weighted by Gasteiger charge is 2.16. The van der Waals surface area contributed by atoms with Crippen LogP contribution >= 0.6 is 22.9 Å². The van der Waals surface area contributed by atoms with Crippen molar-refractivity contribution in [2.24, 2.45) is 7.05 Å². The fourth-order valence-corrected chi connectivity index (χ4v) is 3.28. The smallest absolute Gasteiger partial charge is 0.263 e. The maximum absolute atomic E-state index is 12.3. The molecule has 2 heterocycles. The fraction of sp³-hybridized carbons (Fsp3) is 0.143. The van der Waals surface area contributed by atoms with Gasteiger partial charge in [0.1, 0.15) is 4.88 Å². The van der Waals surface area contributed by atoms with E-state index in [4.69, 9.17) is 17.3 Å². The molecule has 7 heteroatoms. The van der Waals surface area contributed by atoms with Gasteiger partial charge in [0.25, 0.3) is 5.91 Å². The van der Waals surface area contributed by atoms with Crippen LogP contribution in [-0.4, -0.2) is 15.7 Å². The Morgan fingerprint density at radius 2 is 2.29 bits per heavy atom. The number of fused-ring (bicyclic) bond motifs is 1. The van der Waals surface area contributed by atoms with Gasteiger partial charge in [-0.25, -0.2) is 0 Å². The van der Waals surface area contributed by atoms with Crippen molar-refractivity contribution in [3.8, 4) is 0 Å². The predicted octanol–water partition coefficient (Wildman–Crippen LogP) is 2.80. The van der Waals surface area contributed by atoms with E-state index in [1.165, 1.54) is 11.3 Å². The molecule has 1 aromatic carbocycles. The van der Waals surface area contributed by atoms with Gasteiger partial charge in [-0.1, -0.05) is 11.6 Å². The number of hydrogen-bond donors (Lipinski definition) is 2. The Hall–Kier alpha value is -2.05. The average molecular weight is 321 g/mol. The largest absolute Gasteiger partial charge is 0.397 e. The van der Waals surface area contributed by atoms with Crippen LogP contribution in [0.5, 0.6) is 0 Å². The number of aryl methyl sites for hydroxylation is 1. The minimum absolute atomic E-state index is 0.189. The Kier molecular flexibility index (Phi) is 3.57. The number of nitrogens with two attached hydrogens (primary N) is 1. The second-order valence-corrected chi connectivity index (χ2v) is 6.10. The summed E-state index contributed by atoms with van der Waals surface area (Å²) in [6.45, 7) is 0.407. The number of rotatable bonds is 3. The summed E-state index contributed by atoms with van der Waals surface area (Å²) in [4.78, 5) is 12.8. The van der Waals surface area contributed by atoms with E-state index in [-0.39, 0.29) is 5.91 Å². The number of amides is 1. The van der Waals surface area contributed by atoms with E-state index in [9.17, 15) is 4.79 Å². The fourth-order valence-electron chi connectivity index (χ4n) is 2.08. The Morgan fingerprint density at radius 1 is 1.48 bits per heavy atom. The third kappa shape index (κ3) is 2.59. The average Bonchev–Trinajstić information content (AvgIpc) is 3.01. The molecule has 0 fully saturated rings. The van der Waals surface area contributed by atoms with E-state index in [1.54, 1.807) is 23.0 Å². The molecule has 0 spiro atoms. The second-order valence-electron chi connectivity index (χ2n) is 4.61. The lowest BCUT2D eigenvalue weighted by atomic mass is 10.2. The summed E-state index contributed by atoms with van der Waals surface area (Å²) >= 11 is 7.33. The first kappa shape index (κ1) is 13.9. The van der Waals surface area contributed by atoms with Crippen LogP contribution < -0.4 is 11.1 Å². The first-order chi connectivity index (χ1) is 10.1. The van der Waals surface area contributed by atoms with Crippen LogP contribution in [0.15, 0.2) is 30.5 Å². The minimum Gasteiger partial charge on any atom is -0.397 e. The summed E-state index contributed by atoms with van der Waals surface area (Å²) in [5.74, 6) is -0.189. The summed E-state index contributed by atoms with van der Waals surface area (Å²) < 4.78 is 2.66. The third-order valence-electron chi connectivity index (χ3n) is 3.25. The zero-order valence-electron chi connectivity index (χ0n) is 11.3. The number of hydrogen-bond acceptors (Lipinski definition) is 4. The molecular weight excluding hydrogens is 308 g/mol. The number of nitrogens with zero attached hydrogens (tertiary/aromatic N) is 2. The van der Waals surface area contributed by atoms with E-state index >= 15 is 0 Å². The normalized spacial score (nSPS) is 11.0. The van der Waals surface area contributed by atoms with Gasteiger partial charge < -0.3 is 11.1 Å². The molecule has 1 amide bonds. The number of aromatic nitrogens is 2. The van der Waals surface area contributed by atoms with Crippen molar-refractivity contribution < 1.29 is 4.79 Å². The second kappa shape index (κ2) is 5.38. The molecule has 3 aromatic rings. The maximum Gasteiger partial charge on any atom is 0.263 e. The van der Waals surface area contributed by atoms with Crippen LogP contribution in [0.3, 0.4) is 0 Å². The van der Waals surface area contributed by atoms with Gasteiger partial charge in [-0.3, -0.25) is 9.48 Å². The molecule has 0 bridgehead atoms. The first-order valence-electron chi connectivity index (χ1n) is 6.29. The van der Waals surface area contributed by atoms with Gasteiger partial charge in [0.2, 0.25) is 0 Å². The van der Waals surface area contributed by atoms with Crippen LogP contribution in [0.4, 0.5) is 5.69 Å². The van der Waals surface area contributed by atoms with E-state index in [0.717, 1.165) is 15.8 Å². The monoisotopic (exact) mass is 320 g/mol. The molecule has 2 aromatic heterocycles. The molecule has 0 radical (unpaired) electrons. The van der Waals surface area contributed by atoms with Crippen LogP contribution in [0.25, 0.3) is 10.1 Å². The summed E-state index contributed by atoms with van der Waals surface area (Å²) in [5.41, 5.74) is 7.46. The number of carbonyl (C=O) groups excluding carboxylic acids is 1. The zero-order chi connectivity index (χ0) is 15.0. The van der Waals surface area contributed by atoms with Gasteiger partial charge in [0, 0.05) is 28.4 Å². The molecule has 5 nitrogen and oxygen atoms in total. The van der Waals surface area contributed by atoms with Gasteiger partial charge in [-0.15, -0.1) is 11.3 Å². The molecule has 0 unspecified atom stereocenters. The van der Waals surface area contributed by atoms with Crippen molar-refractivity contribution in [3.05, 3.63) is 46.1 Å². The molecular formula is C14H13ClN4OS. The molecule has 3 N–H and O–H groups in total. The highest BCUT2D eigenvalue weighted by molar-refractivity contribution is 7.21.